The normalized spacial score (nSPS) is 12.5. The Morgan fingerprint density at radius 1 is 1.06 bits per heavy atom. The largest absolute Gasteiger partial charge is 0.529 e. The van der Waals surface area contributed by atoms with Gasteiger partial charge in [0.2, 0.25) is 0 Å². The second-order valence-corrected chi connectivity index (χ2v) is 7.37. The summed E-state index contributed by atoms with van der Waals surface area (Å²) in [4.78, 5) is 34.1. The SMILES string of the molecule is [C-]#[N+]C([N+]#[C-])=C1C(=Nc2ccc(NCC(=O)O)c(CC(C)=O)c2)C(=C(C#N)C#N)c2ccccc21. The Hall–Kier alpha value is -5.51. The van der Waals surface area contributed by atoms with E-state index >= 15 is 0 Å². The molecule has 2 aromatic rings. The number of hydrogen-bond acceptors (Lipinski definition) is 6. The lowest BCUT2D eigenvalue weighted by molar-refractivity contribution is -0.134. The first kappa shape index (κ1) is 24.1. The molecule has 0 atom stereocenters. The number of allylic oxidation sites excluding steroid dienone is 3. The fourth-order valence-corrected chi connectivity index (χ4v) is 3.70. The lowest BCUT2D eigenvalue weighted by Crippen LogP contribution is -2.14. The number of ketones is 1. The zero-order valence-corrected chi connectivity index (χ0v) is 18.5. The second-order valence-electron chi connectivity index (χ2n) is 7.37. The molecule has 1 aliphatic rings. The van der Waals surface area contributed by atoms with Gasteiger partial charge < -0.3 is 10.4 Å². The van der Waals surface area contributed by atoms with Crippen molar-refractivity contribution in [2.24, 2.45) is 4.99 Å². The number of hydrogen-bond donors (Lipinski definition) is 2. The van der Waals surface area contributed by atoms with E-state index in [4.69, 9.17) is 18.3 Å². The van der Waals surface area contributed by atoms with E-state index in [1.54, 1.807) is 42.5 Å². The molecule has 9 nitrogen and oxygen atoms in total. The molecule has 3 rings (SSSR count). The van der Waals surface area contributed by atoms with E-state index in [1.807, 2.05) is 12.1 Å². The van der Waals surface area contributed by atoms with E-state index in [-0.39, 0.29) is 47.0 Å². The van der Waals surface area contributed by atoms with E-state index in [1.165, 1.54) is 6.92 Å². The van der Waals surface area contributed by atoms with Crippen molar-refractivity contribution >= 4 is 40.0 Å². The average Bonchev–Trinajstić information content (AvgIpc) is 3.14. The first-order valence-corrected chi connectivity index (χ1v) is 10.2. The van der Waals surface area contributed by atoms with Crippen LogP contribution in [0.5, 0.6) is 0 Å². The van der Waals surface area contributed by atoms with Gasteiger partial charge in [0, 0.05) is 17.7 Å². The molecule has 0 saturated carbocycles. The zero-order chi connectivity index (χ0) is 25.5. The van der Waals surface area contributed by atoms with Crippen molar-refractivity contribution in [2.75, 3.05) is 11.9 Å². The van der Waals surface area contributed by atoms with Crippen molar-refractivity contribution in [3.63, 3.8) is 0 Å². The summed E-state index contributed by atoms with van der Waals surface area (Å²) in [6, 6.07) is 15.3. The molecule has 35 heavy (non-hydrogen) atoms. The molecular weight excluding hydrogens is 444 g/mol. The van der Waals surface area contributed by atoms with Crippen molar-refractivity contribution in [2.45, 2.75) is 13.3 Å². The maximum atomic E-state index is 11.8. The molecule has 0 bridgehead atoms. The highest BCUT2D eigenvalue weighted by atomic mass is 16.4. The maximum absolute atomic E-state index is 11.8. The van der Waals surface area contributed by atoms with Crippen molar-refractivity contribution < 1.29 is 14.7 Å². The number of rotatable bonds is 6. The Balaban J connectivity index is 2.32. The van der Waals surface area contributed by atoms with Crippen LogP contribution in [0.4, 0.5) is 11.4 Å². The fourth-order valence-electron chi connectivity index (χ4n) is 3.70. The first-order chi connectivity index (χ1) is 16.8. The van der Waals surface area contributed by atoms with Crippen LogP contribution in [0.25, 0.3) is 20.8 Å². The number of carboxylic acid groups (broad SMARTS) is 1. The van der Waals surface area contributed by atoms with Crippen LogP contribution in [0, 0.1) is 35.8 Å². The third-order valence-electron chi connectivity index (χ3n) is 5.05. The smallest absolute Gasteiger partial charge is 0.480 e. The van der Waals surface area contributed by atoms with Crippen molar-refractivity contribution in [1.29, 1.82) is 10.5 Å². The minimum Gasteiger partial charge on any atom is -0.480 e. The third kappa shape index (κ3) is 4.96. The summed E-state index contributed by atoms with van der Waals surface area (Å²) < 4.78 is 0. The van der Waals surface area contributed by atoms with E-state index in [0.717, 1.165) is 0 Å². The van der Waals surface area contributed by atoms with Gasteiger partial charge in [-0.3, -0.25) is 9.59 Å². The number of benzene rings is 2. The highest BCUT2D eigenvalue weighted by Gasteiger charge is 2.36. The minimum absolute atomic E-state index is 0.0171. The number of nitrogens with one attached hydrogen (secondary N) is 1. The van der Waals surface area contributed by atoms with Gasteiger partial charge in [0.15, 0.2) is 0 Å². The number of aliphatic carboxylic acids is 1. The topological polar surface area (TPSA) is 135 Å². The first-order valence-electron chi connectivity index (χ1n) is 10.2. The van der Waals surface area contributed by atoms with Gasteiger partial charge in [0.1, 0.15) is 48.8 Å². The Labute approximate surface area is 201 Å². The van der Waals surface area contributed by atoms with Gasteiger partial charge in [-0.05, 0) is 41.8 Å². The molecule has 168 valence electrons. The molecule has 2 aromatic carbocycles. The minimum atomic E-state index is -1.07. The number of Topliss-reactive ketones (excluding diaryl/α,β-unsaturated/α-hetero) is 1. The summed E-state index contributed by atoms with van der Waals surface area (Å²) in [7, 11) is 0. The van der Waals surface area contributed by atoms with Crippen LogP contribution in [-0.4, -0.2) is 29.1 Å². The van der Waals surface area contributed by atoms with E-state index in [9.17, 15) is 20.1 Å². The van der Waals surface area contributed by atoms with Crippen LogP contribution in [-0.2, 0) is 16.0 Å². The molecule has 0 saturated heterocycles. The predicted octanol–water partition coefficient (Wildman–Crippen LogP) is 4.41. The number of fused-ring (bicyclic) bond motifs is 1. The quantitative estimate of drug-likeness (QED) is 0.484. The molecule has 0 radical (unpaired) electrons. The summed E-state index contributed by atoms with van der Waals surface area (Å²) in [5.41, 5.74) is 2.65. The maximum Gasteiger partial charge on any atom is 0.529 e. The summed E-state index contributed by atoms with van der Waals surface area (Å²) >= 11 is 0. The van der Waals surface area contributed by atoms with Crippen LogP contribution in [0.1, 0.15) is 23.6 Å². The molecule has 0 unspecified atom stereocenters. The molecule has 0 fully saturated rings. The number of carbonyl (C=O) groups excluding carboxylic acids is 1. The van der Waals surface area contributed by atoms with Gasteiger partial charge in [-0.15, -0.1) is 0 Å². The Kier molecular flexibility index (Phi) is 7.18. The lowest BCUT2D eigenvalue weighted by atomic mass is 10.0. The molecule has 9 heteroatoms. The average molecular weight is 460 g/mol. The lowest BCUT2D eigenvalue weighted by Gasteiger charge is -2.11. The molecule has 0 spiro atoms. The van der Waals surface area contributed by atoms with Crippen LogP contribution >= 0.6 is 0 Å². The van der Waals surface area contributed by atoms with Gasteiger partial charge in [-0.25, -0.2) is 4.99 Å². The number of anilines is 1. The molecule has 0 amide bonds. The van der Waals surface area contributed by atoms with Crippen LogP contribution in [0.2, 0.25) is 0 Å². The van der Waals surface area contributed by atoms with E-state index < -0.39 is 5.97 Å². The van der Waals surface area contributed by atoms with Gasteiger partial charge in [-0.1, -0.05) is 24.3 Å². The Morgan fingerprint density at radius 3 is 2.23 bits per heavy atom. The van der Waals surface area contributed by atoms with Crippen LogP contribution in [0.15, 0.2) is 58.9 Å². The third-order valence-corrected chi connectivity index (χ3v) is 5.05. The number of carbonyl (C=O) groups is 2. The summed E-state index contributed by atoms with van der Waals surface area (Å²) in [6.07, 6.45) is 0.0171. The molecular formula is C26H16N6O3. The summed E-state index contributed by atoms with van der Waals surface area (Å²) in [6.45, 7) is 16.0. The van der Waals surface area contributed by atoms with Crippen LogP contribution < -0.4 is 5.32 Å². The molecule has 0 aliphatic heterocycles. The van der Waals surface area contributed by atoms with Crippen molar-refractivity contribution in [3.8, 4) is 12.1 Å². The fraction of sp³-hybridized carbons (Fsp3) is 0.115. The van der Waals surface area contributed by atoms with Gasteiger partial charge in [0.05, 0.1) is 11.4 Å². The highest BCUT2D eigenvalue weighted by Crippen LogP contribution is 2.43. The highest BCUT2D eigenvalue weighted by molar-refractivity contribution is 6.51. The number of nitrogens with zero attached hydrogens (tertiary/aromatic N) is 5. The number of carboxylic acids is 1. The number of nitriles is 2. The molecule has 2 N–H and O–H groups in total. The van der Waals surface area contributed by atoms with Crippen LogP contribution in [0.3, 0.4) is 0 Å². The second kappa shape index (κ2) is 10.4. The Bertz CT molecular complexity index is 1410. The predicted molar refractivity (Wildman–Crippen MR) is 129 cm³/mol. The standard InChI is InChI=1S/C26H16N6O3/c1-15(33)10-16-11-18(8-9-21(16)31-14-22(34)35)32-25-23(17(12-27)13-28)19-6-4-5-7-20(19)24(25)26(29-2)30-3/h4-9,11,31H,10,14H2,1H3,(H,34,35). The van der Waals surface area contributed by atoms with E-state index in [2.05, 4.69) is 20.0 Å². The van der Waals surface area contributed by atoms with Gasteiger partial charge >= 0.3 is 11.8 Å². The Morgan fingerprint density at radius 2 is 1.69 bits per heavy atom. The molecule has 1 aliphatic carbocycles. The van der Waals surface area contributed by atoms with Crippen molar-refractivity contribution in [1.82, 2.24) is 0 Å². The zero-order valence-electron chi connectivity index (χ0n) is 18.5. The van der Waals surface area contributed by atoms with Gasteiger partial charge in [0.25, 0.3) is 0 Å². The van der Waals surface area contributed by atoms with Crippen molar-refractivity contribution in [3.05, 3.63) is 93.4 Å². The number of aliphatic imine (C=N–C) groups is 1. The molecule has 0 aromatic heterocycles. The summed E-state index contributed by atoms with van der Waals surface area (Å²) in [5.74, 6) is -1.48. The monoisotopic (exact) mass is 460 g/mol. The summed E-state index contributed by atoms with van der Waals surface area (Å²) in [5, 5.41) is 30.9. The van der Waals surface area contributed by atoms with Gasteiger partial charge in [-0.2, -0.15) is 20.2 Å². The molecule has 0 heterocycles. The van der Waals surface area contributed by atoms with E-state index in [0.29, 0.717) is 28.1 Å².